The Kier molecular flexibility index (Phi) is 71.5. The van der Waals surface area contributed by atoms with Crippen molar-refractivity contribution in [1.82, 2.24) is 0 Å². The van der Waals surface area contributed by atoms with Crippen LogP contribution in [-0.2, 0) is 65.4 Å². The minimum Gasteiger partial charge on any atom is -0.462 e. The van der Waals surface area contributed by atoms with Crippen LogP contribution in [0.3, 0.4) is 0 Å². The second kappa shape index (κ2) is 72.9. The highest BCUT2D eigenvalue weighted by Gasteiger charge is 2.30. The second-order valence-corrected chi connectivity index (χ2v) is 34.8. The van der Waals surface area contributed by atoms with Gasteiger partial charge in [-0.25, -0.2) is 9.13 Å². The number of ether oxygens (including phenoxy) is 4. The van der Waals surface area contributed by atoms with Crippen molar-refractivity contribution in [2.45, 2.75) is 453 Å². The molecule has 612 valence electrons. The number of esters is 4. The monoisotopic (exact) mass is 1510 g/mol. The summed E-state index contributed by atoms with van der Waals surface area (Å²) in [5.41, 5.74) is 0. The molecule has 0 saturated heterocycles. The quantitative estimate of drug-likeness (QED) is 0.0222. The Bertz CT molecular complexity index is 2010. The molecule has 0 spiro atoms. The molecule has 0 rings (SSSR count). The van der Waals surface area contributed by atoms with Crippen LogP contribution in [0, 0.1) is 23.7 Å². The van der Waals surface area contributed by atoms with Crippen LogP contribution in [0.5, 0.6) is 0 Å². The molecule has 0 aliphatic heterocycles. The fraction of sp³-hybridized carbons (Fsp3) is 0.952. The molecule has 0 bridgehead atoms. The standard InChI is InChI=1S/C84H164O17P2/c1-9-77(8)63-55-47-39-31-27-28-32-40-48-56-64-81(86)94-70-79(100-83(88)66-59-51-42-34-26-22-18-14-16-20-24-30-37-45-53-61-75(4)5)72-98-102(90,91)96-68-78(85)69-97-103(92,93)99-73-80(71-95-82(87)65-57-49-43-35-38-46-54-62-76(6)7)101-84(89)67-58-50-41-33-25-21-17-13-11-10-12-15-19-23-29-36-44-52-60-74(2)3/h74-80,85H,9-73H2,1-8H3,(H,90,91)(H,92,93)/t77?,78?,79-,80-/m1/s1. The van der Waals surface area contributed by atoms with Crippen LogP contribution in [0.25, 0.3) is 0 Å². The Balaban J connectivity index is 5.21. The van der Waals surface area contributed by atoms with Gasteiger partial charge in [0, 0.05) is 25.7 Å². The maximum atomic E-state index is 13.1. The van der Waals surface area contributed by atoms with Crippen molar-refractivity contribution in [2.75, 3.05) is 39.6 Å². The lowest BCUT2D eigenvalue weighted by Gasteiger charge is -2.21. The Morgan fingerprint density at radius 3 is 0.689 bits per heavy atom. The van der Waals surface area contributed by atoms with E-state index >= 15 is 0 Å². The lowest BCUT2D eigenvalue weighted by molar-refractivity contribution is -0.161. The van der Waals surface area contributed by atoms with Gasteiger partial charge >= 0.3 is 39.5 Å². The van der Waals surface area contributed by atoms with Crippen LogP contribution < -0.4 is 0 Å². The third-order valence-electron chi connectivity index (χ3n) is 19.9. The van der Waals surface area contributed by atoms with Crippen LogP contribution in [0.1, 0.15) is 434 Å². The molecule has 0 amide bonds. The lowest BCUT2D eigenvalue weighted by atomic mass is 9.99. The van der Waals surface area contributed by atoms with E-state index in [1.165, 1.54) is 231 Å². The average Bonchev–Trinajstić information content (AvgIpc) is 0.924. The van der Waals surface area contributed by atoms with E-state index < -0.39 is 97.5 Å². The Morgan fingerprint density at radius 2 is 0.466 bits per heavy atom. The molecule has 0 heterocycles. The fourth-order valence-electron chi connectivity index (χ4n) is 12.9. The molecule has 0 radical (unpaired) electrons. The van der Waals surface area contributed by atoms with Crippen molar-refractivity contribution in [3.8, 4) is 0 Å². The summed E-state index contributed by atoms with van der Waals surface area (Å²) in [6.45, 7) is 14.3. The van der Waals surface area contributed by atoms with Crippen molar-refractivity contribution < 1.29 is 80.2 Å². The fourth-order valence-corrected chi connectivity index (χ4v) is 14.5. The van der Waals surface area contributed by atoms with Crippen molar-refractivity contribution in [3.05, 3.63) is 0 Å². The van der Waals surface area contributed by atoms with Crippen LogP contribution in [-0.4, -0.2) is 96.7 Å². The number of phosphoric ester groups is 2. The number of carbonyl (C=O) groups excluding carboxylic acids is 4. The molecule has 19 heteroatoms. The van der Waals surface area contributed by atoms with Crippen molar-refractivity contribution in [1.29, 1.82) is 0 Å². The van der Waals surface area contributed by atoms with E-state index in [0.29, 0.717) is 31.6 Å². The molecule has 3 N–H and O–H groups in total. The van der Waals surface area contributed by atoms with Gasteiger partial charge in [-0.05, 0) is 49.4 Å². The van der Waals surface area contributed by atoms with Crippen molar-refractivity contribution >= 4 is 39.5 Å². The van der Waals surface area contributed by atoms with E-state index in [4.69, 9.17) is 37.0 Å². The highest BCUT2D eigenvalue weighted by Crippen LogP contribution is 2.45. The first-order valence-corrected chi connectivity index (χ1v) is 46.2. The molecule has 0 aliphatic rings. The minimum absolute atomic E-state index is 0.107. The zero-order valence-corrected chi connectivity index (χ0v) is 69.7. The predicted octanol–water partition coefficient (Wildman–Crippen LogP) is 25.2. The molecule has 6 atom stereocenters. The molecule has 4 unspecified atom stereocenters. The van der Waals surface area contributed by atoms with Crippen LogP contribution >= 0.6 is 15.6 Å². The highest BCUT2D eigenvalue weighted by atomic mass is 31.2. The first kappa shape index (κ1) is 101. The zero-order chi connectivity index (χ0) is 76.0. The molecular weight excluding hydrogens is 1340 g/mol. The lowest BCUT2D eigenvalue weighted by Crippen LogP contribution is -2.30. The number of hydrogen-bond acceptors (Lipinski definition) is 15. The molecule has 0 aromatic heterocycles. The zero-order valence-electron chi connectivity index (χ0n) is 68.0. The van der Waals surface area contributed by atoms with Gasteiger partial charge in [0.25, 0.3) is 0 Å². The summed E-state index contributed by atoms with van der Waals surface area (Å²) < 4.78 is 68.8. The highest BCUT2D eigenvalue weighted by molar-refractivity contribution is 7.47. The SMILES string of the molecule is CCC(C)CCCCCCCCCCCCC(=O)OC[C@H](COP(=O)(O)OCC(O)COP(=O)(O)OC[C@@H](COC(=O)CCCCCCCCCC(C)C)OC(=O)CCCCCCCCCCCCCCCCCCCCC(C)C)OC(=O)CCCCCCCCCCCCCCCCCC(C)C. The largest absolute Gasteiger partial charge is 0.472 e. The van der Waals surface area contributed by atoms with E-state index in [1.54, 1.807) is 0 Å². The molecule has 103 heavy (non-hydrogen) atoms. The second-order valence-electron chi connectivity index (χ2n) is 31.9. The third kappa shape index (κ3) is 76.6. The summed E-state index contributed by atoms with van der Waals surface area (Å²) in [6.07, 6.45) is 61.1. The van der Waals surface area contributed by atoms with Gasteiger partial charge in [0.05, 0.1) is 26.4 Å². The van der Waals surface area contributed by atoms with E-state index in [0.717, 1.165) is 114 Å². The maximum Gasteiger partial charge on any atom is 0.472 e. The average molecular weight is 1510 g/mol. The number of unbranched alkanes of at least 4 members (excludes halogenated alkanes) is 46. The maximum absolute atomic E-state index is 13.1. The first-order chi connectivity index (χ1) is 49.6. The van der Waals surface area contributed by atoms with Gasteiger partial charge in [-0.3, -0.25) is 37.3 Å². The Labute approximate surface area is 632 Å². The molecule has 0 aromatic carbocycles. The van der Waals surface area contributed by atoms with Gasteiger partial charge < -0.3 is 33.8 Å². The van der Waals surface area contributed by atoms with E-state index in [2.05, 4.69) is 55.4 Å². The normalized spacial score (nSPS) is 14.2. The van der Waals surface area contributed by atoms with Gasteiger partial charge in [0.1, 0.15) is 19.3 Å². The Morgan fingerprint density at radius 1 is 0.272 bits per heavy atom. The smallest absolute Gasteiger partial charge is 0.462 e. The number of aliphatic hydroxyl groups is 1. The van der Waals surface area contributed by atoms with Crippen LogP contribution in [0.4, 0.5) is 0 Å². The Hall–Kier alpha value is -1.94. The van der Waals surface area contributed by atoms with E-state index in [9.17, 15) is 43.2 Å². The molecular formula is C84H164O17P2. The van der Waals surface area contributed by atoms with Crippen molar-refractivity contribution in [2.24, 2.45) is 23.7 Å². The van der Waals surface area contributed by atoms with Gasteiger partial charge in [0.2, 0.25) is 0 Å². The predicted molar refractivity (Wildman–Crippen MR) is 423 cm³/mol. The first-order valence-electron chi connectivity index (χ1n) is 43.2. The third-order valence-corrected chi connectivity index (χ3v) is 21.8. The topological polar surface area (TPSA) is 237 Å². The van der Waals surface area contributed by atoms with Crippen LogP contribution in [0.15, 0.2) is 0 Å². The minimum atomic E-state index is -4.96. The van der Waals surface area contributed by atoms with Gasteiger partial charge in [0.15, 0.2) is 12.2 Å². The summed E-state index contributed by atoms with van der Waals surface area (Å²) in [5, 5.41) is 10.7. The molecule has 0 saturated carbocycles. The number of phosphoric acid groups is 2. The molecule has 0 aliphatic carbocycles. The van der Waals surface area contributed by atoms with E-state index in [1.807, 2.05) is 0 Å². The number of hydrogen-bond donors (Lipinski definition) is 3. The van der Waals surface area contributed by atoms with Crippen LogP contribution in [0.2, 0.25) is 0 Å². The molecule has 0 aromatic rings. The number of rotatable bonds is 81. The number of aliphatic hydroxyl groups excluding tert-OH is 1. The summed E-state index contributed by atoms with van der Waals surface area (Å²) >= 11 is 0. The summed E-state index contributed by atoms with van der Waals surface area (Å²) in [4.78, 5) is 73.1. The van der Waals surface area contributed by atoms with Crippen molar-refractivity contribution in [3.63, 3.8) is 0 Å². The summed E-state index contributed by atoms with van der Waals surface area (Å²) in [5.74, 6) is 1.03. The summed E-state index contributed by atoms with van der Waals surface area (Å²) in [6, 6.07) is 0. The van der Waals surface area contributed by atoms with Gasteiger partial charge in [-0.2, -0.15) is 0 Å². The molecule has 17 nitrogen and oxygen atoms in total. The summed E-state index contributed by atoms with van der Waals surface area (Å²) in [7, 11) is -9.93. The number of carbonyl (C=O) groups is 4. The van der Waals surface area contributed by atoms with E-state index in [-0.39, 0.29) is 25.7 Å². The molecule has 0 fully saturated rings. The van der Waals surface area contributed by atoms with Gasteiger partial charge in [-0.1, -0.05) is 383 Å². The van der Waals surface area contributed by atoms with Gasteiger partial charge in [-0.15, -0.1) is 0 Å².